The normalized spacial score (nSPS) is 48.6. The molecule has 4 heteroatoms. The number of rotatable bonds is 6. The third-order valence-corrected chi connectivity index (χ3v) is 8.69. The van der Waals surface area contributed by atoms with Crippen LogP contribution in [0.1, 0.15) is 53.4 Å². The first kappa shape index (κ1) is 18.2. The maximum atomic E-state index is 13.1. The number of hydrogen-bond acceptors (Lipinski definition) is 3. The van der Waals surface area contributed by atoms with Crippen molar-refractivity contribution in [3.63, 3.8) is 0 Å². The average Bonchev–Trinajstić information content (AvgIpc) is 3.17. The fourth-order valence-electron chi connectivity index (χ4n) is 7.92. The lowest BCUT2D eigenvalue weighted by Crippen LogP contribution is -2.63. The Hall–Kier alpha value is -1.16. The van der Waals surface area contributed by atoms with Crippen LogP contribution in [0.3, 0.4) is 0 Å². The van der Waals surface area contributed by atoms with Gasteiger partial charge in [-0.2, -0.15) is 0 Å². The van der Waals surface area contributed by atoms with E-state index in [9.17, 15) is 14.7 Å². The molecule has 4 nitrogen and oxygen atoms in total. The number of carbonyl (C=O) groups is 2. The Balaban J connectivity index is 1.99. The van der Waals surface area contributed by atoms with Crippen LogP contribution in [0.15, 0.2) is 11.6 Å². The van der Waals surface area contributed by atoms with E-state index in [1.54, 1.807) is 0 Å². The Morgan fingerprint density at radius 2 is 2.12 bits per heavy atom. The van der Waals surface area contributed by atoms with Gasteiger partial charge in [-0.1, -0.05) is 38.8 Å². The van der Waals surface area contributed by atoms with Crippen LogP contribution in [0.5, 0.6) is 0 Å². The molecule has 3 fully saturated rings. The minimum absolute atomic E-state index is 0.132. The van der Waals surface area contributed by atoms with E-state index in [0.29, 0.717) is 31.5 Å². The van der Waals surface area contributed by atoms with Crippen molar-refractivity contribution < 1.29 is 19.4 Å². The molecule has 0 saturated heterocycles. The fraction of sp³-hybridized carbons (Fsp3) is 0.818. The van der Waals surface area contributed by atoms with E-state index in [1.165, 1.54) is 0 Å². The lowest BCUT2D eigenvalue weighted by atomic mass is 9.43. The molecule has 4 rings (SSSR count). The maximum Gasteiger partial charge on any atom is 0.315 e. The number of hydrogen-bond donors (Lipinski definition) is 1. The summed E-state index contributed by atoms with van der Waals surface area (Å²) < 4.78 is 5.94. The number of aliphatic carboxylic acids is 1. The molecule has 4 bridgehead atoms. The highest BCUT2D eigenvalue weighted by atomic mass is 16.5. The molecule has 4 aliphatic rings. The third kappa shape index (κ3) is 1.71. The van der Waals surface area contributed by atoms with Crippen LogP contribution < -0.4 is 0 Å². The van der Waals surface area contributed by atoms with Crippen molar-refractivity contribution in [1.82, 2.24) is 0 Å². The number of fused-ring (bicyclic) bond motifs is 2. The predicted octanol–water partition coefficient (Wildman–Crippen LogP) is 3.95. The molecular weight excluding hydrogens is 328 g/mol. The second-order valence-corrected chi connectivity index (χ2v) is 9.62. The SMILES string of the molecule is CCOC[C@@]12C[C@@H]3[C@H](C)CC[C@H]3[C@@]3(C=O)C[C@@H]1C=C(C(C)C)[C@@]23C(=O)O. The van der Waals surface area contributed by atoms with Gasteiger partial charge in [0.15, 0.2) is 0 Å². The molecule has 0 unspecified atom stereocenters. The Labute approximate surface area is 156 Å². The summed E-state index contributed by atoms with van der Waals surface area (Å²) in [7, 11) is 0. The van der Waals surface area contributed by atoms with Gasteiger partial charge in [0.1, 0.15) is 11.7 Å². The number of carbonyl (C=O) groups excluding carboxylic acids is 1. The minimum Gasteiger partial charge on any atom is -0.481 e. The topological polar surface area (TPSA) is 63.6 Å². The third-order valence-electron chi connectivity index (χ3n) is 8.69. The summed E-state index contributed by atoms with van der Waals surface area (Å²) in [4.78, 5) is 25.8. The van der Waals surface area contributed by atoms with Gasteiger partial charge in [-0.15, -0.1) is 0 Å². The molecule has 0 radical (unpaired) electrons. The predicted molar refractivity (Wildman–Crippen MR) is 98.5 cm³/mol. The van der Waals surface area contributed by atoms with E-state index < -0.39 is 22.2 Å². The van der Waals surface area contributed by atoms with Crippen molar-refractivity contribution in [2.45, 2.75) is 53.4 Å². The zero-order chi connectivity index (χ0) is 18.9. The molecule has 0 amide bonds. The summed E-state index contributed by atoms with van der Waals surface area (Å²) in [6.07, 6.45) is 6.98. The van der Waals surface area contributed by atoms with Crippen LogP contribution in [0.4, 0.5) is 0 Å². The second-order valence-electron chi connectivity index (χ2n) is 9.62. The standard InChI is InChI=1S/C22H32O4/c1-5-26-12-21-10-16-14(4)6-7-17(16)20(11-23)9-15(21)8-18(13(2)3)22(20,21)19(24)25/h8,11,13-17H,5-7,9-10,12H2,1-4H3,(H,24,25)/t14-,15+,16-,17-,20+,21+,22+/m1/s1. The van der Waals surface area contributed by atoms with Crippen molar-refractivity contribution in [3.05, 3.63) is 11.6 Å². The van der Waals surface area contributed by atoms with E-state index in [-0.39, 0.29) is 17.8 Å². The van der Waals surface area contributed by atoms with Gasteiger partial charge in [0.25, 0.3) is 0 Å². The highest BCUT2D eigenvalue weighted by Crippen LogP contribution is 2.82. The first-order chi connectivity index (χ1) is 12.3. The Kier molecular flexibility index (Phi) is 3.97. The van der Waals surface area contributed by atoms with E-state index in [4.69, 9.17) is 4.74 Å². The summed E-state index contributed by atoms with van der Waals surface area (Å²) in [5, 5.41) is 10.7. The summed E-state index contributed by atoms with van der Waals surface area (Å²) >= 11 is 0. The Bertz CT molecular complexity index is 667. The van der Waals surface area contributed by atoms with Gasteiger partial charge < -0.3 is 14.6 Å². The highest BCUT2D eigenvalue weighted by Gasteiger charge is 2.84. The molecule has 3 saturated carbocycles. The van der Waals surface area contributed by atoms with Crippen LogP contribution in [-0.4, -0.2) is 30.6 Å². The molecule has 0 spiro atoms. The summed E-state index contributed by atoms with van der Waals surface area (Å²) in [6, 6.07) is 0. The summed E-state index contributed by atoms with van der Waals surface area (Å²) in [5.74, 6) is 0.692. The van der Waals surface area contributed by atoms with Gasteiger partial charge in [0.2, 0.25) is 0 Å². The zero-order valence-electron chi connectivity index (χ0n) is 16.5. The number of ether oxygens (including phenoxy) is 1. The molecule has 4 aliphatic carbocycles. The number of allylic oxidation sites excluding steroid dienone is 1. The monoisotopic (exact) mass is 360 g/mol. The van der Waals surface area contributed by atoms with Crippen LogP contribution in [0.2, 0.25) is 0 Å². The number of aldehydes is 1. The van der Waals surface area contributed by atoms with E-state index in [1.807, 2.05) is 6.92 Å². The largest absolute Gasteiger partial charge is 0.481 e. The van der Waals surface area contributed by atoms with Gasteiger partial charge in [-0.3, -0.25) is 4.79 Å². The molecule has 144 valence electrons. The van der Waals surface area contributed by atoms with Crippen molar-refractivity contribution in [2.75, 3.05) is 13.2 Å². The van der Waals surface area contributed by atoms with Gasteiger partial charge >= 0.3 is 5.97 Å². The summed E-state index contributed by atoms with van der Waals surface area (Å²) in [5.41, 5.74) is -1.32. The highest BCUT2D eigenvalue weighted by molar-refractivity contribution is 5.90. The second kappa shape index (κ2) is 5.67. The van der Waals surface area contributed by atoms with Crippen molar-refractivity contribution in [1.29, 1.82) is 0 Å². The molecule has 0 aromatic rings. The fourth-order valence-corrected chi connectivity index (χ4v) is 7.92. The van der Waals surface area contributed by atoms with Crippen LogP contribution in [0, 0.1) is 45.8 Å². The lowest BCUT2D eigenvalue weighted by molar-refractivity contribution is -0.186. The minimum atomic E-state index is -1.08. The van der Waals surface area contributed by atoms with Crippen molar-refractivity contribution in [2.24, 2.45) is 45.8 Å². The van der Waals surface area contributed by atoms with Crippen LogP contribution >= 0.6 is 0 Å². The zero-order valence-corrected chi connectivity index (χ0v) is 16.5. The lowest BCUT2D eigenvalue weighted by Gasteiger charge is -2.58. The number of carboxylic acid groups (broad SMARTS) is 1. The van der Waals surface area contributed by atoms with Gasteiger partial charge in [-0.25, -0.2) is 0 Å². The average molecular weight is 360 g/mol. The molecular formula is C22H32O4. The molecule has 0 aromatic carbocycles. The van der Waals surface area contributed by atoms with Crippen LogP contribution in [-0.2, 0) is 14.3 Å². The maximum absolute atomic E-state index is 13.1. The first-order valence-electron chi connectivity index (χ1n) is 10.3. The Morgan fingerprint density at radius 3 is 2.69 bits per heavy atom. The molecule has 0 heterocycles. The summed E-state index contributed by atoms with van der Waals surface area (Å²) in [6.45, 7) is 9.45. The molecule has 26 heavy (non-hydrogen) atoms. The molecule has 1 N–H and O–H groups in total. The van der Waals surface area contributed by atoms with E-state index >= 15 is 0 Å². The van der Waals surface area contributed by atoms with E-state index in [2.05, 4.69) is 26.8 Å². The van der Waals surface area contributed by atoms with Gasteiger partial charge in [-0.05, 0) is 55.8 Å². The first-order valence-corrected chi connectivity index (χ1v) is 10.3. The quantitative estimate of drug-likeness (QED) is 0.575. The van der Waals surface area contributed by atoms with Crippen molar-refractivity contribution in [3.8, 4) is 0 Å². The Morgan fingerprint density at radius 1 is 1.38 bits per heavy atom. The van der Waals surface area contributed by atoms with E-state index in [0.717, 1.165) is 31.1 Å². The molecule has 7 atom stereocenters. The van der Waals surface area contributed by atoms with Gasteiger partial charge in [0.05, 0.1) is 12.0 Å². The van der Waals surface area contributed by atoms with Gasteiger partial charge in [0, 0.05) is 12.0 Å². The van der Waals surface area contributed by atoms with Crippen LogP contribution in [0.25, 0.3) is 0 Å². The van der Waals surface area contributed by atoms with Crippen molar-refractivity contribution >= 4 is 12.3 Å². The smallest absolute Gasteiger partial charge is 0.315 e. The number of carboxylic acids is 1. The molecule has 0 aliphatic heterocycles. The molecule has 0 aromatic heterocycles.